The van der Waals surface area contributed by atoms with Gasteiger partial charge in [0.1, 0.15) is 12.6 Å². The molecule has 0 bridgehead atoms. The predicted molar refractivity (Wildman–Crippen MR) is 84.4 cm³/mol. The van der Waals surface area contributed by atoms with Crippen LogP contribution in [0.4, 0.5) is 0 Å². The van der Waals surface area contributed by atoms with Crippen molar-refractivity contribution < 1.29 is 41.5 Å². The zero-order chi connectivity index (χ0) is 19.6. The Morgan fingerprint density at radius 2 is 1.80 bits per heavy atom. The normalized spacial score (nSPS) is 13.4. The largest absolute Gasteiger partial charge is 0.480 e. The molecular formula is C10H18N4O9S2. The maximum atomic E-state index is 11.7. The van der Waals surface area contributed by atoms with Crippen molar-refractivity contribution in [3.8, 4) is 0 Å². The first-order chi connectivity index (χ1) is 11.5. The minimum atomic E-state index is -4.89. The number of aliphatic carboxylic acids is 1. The van der Waals surface area contributed by atoms with Gasteiger partial charge in [-0.3, -0.25) is 23.7 Å². The Morgan fingerprint density at radius 1 is 1.20 bits per heavy atom. The molecule has 0 aromatic carbocycles. The SMILES string of the molecule is N[C@@H](CCC(=O)N[C@@H](CS)C(=O)NCC(=O)O)C(=O)NOS(=O)(=O)O. The van der Waals surface area contributed by atoms with Crippen LogP contribution in [0.25, 0.3) is 0 Å². The van der Waals surface area contributed by atoms with Gasteiger partial charge in [-0.2, -0.15) is 21.0 Å². The first kappa shape index (κ1) is 23.1. The van der Waals surface area contributed by atoms with E-state index in [1.165, 1.54) is 5.48 Å². The fraction of sp³-hybridized carbons (Fsp3) is 0.600. The smallest absolute Gasteiger partial charge is 0.418 e. The van der Waals surface area contributed by atoms with E-state index in [1.54, 1.807) is 0 Å². The van der Waals surface area contributed by atoms with Gasteiger partial charge in [-0.05, 0) is 6.42 Å². The molecule has 0 aliphatic rings. The van der Waals surface area contributed by atoms with Gasteiger partial charge in [-0.25, -0.2) is 5.48 Å². The van der Waals surface area contributed by atoms with Crippen molar-refractivity contribution in [2.24, 2.45) is 5.73 Å². The van der Waals surface area contributed by atoms with Crippen LogP contribution in [0.15, 0.2) is 0 Å². The maximum Gasteiger partial charge on any atom is 0.418 e. The standard InChI is InChI=1S/C10H18N4O9S2/c11-5(9(18)14-23-25(20,21)22)1-2-7(15)13-6(4-24)10(19)12-3-8(16)17/h5-6,24H,1-4,11H2,(H,12,19)(H,13,15)(H,14,18)(H,16,17)(H,20,21,22)/t5-,6-/m0/s1. The lowest BCUT2D eigenvalue weighted by Crippen LogP contribution is -2.49. The Hall–Kier alpha value is -1.94. The van der Waals surface area contributed by atoms with Crippen molar-refractivity contribution in [2.75, 3.05) is 12.3 Å². The summed E-state index contributed by atoms with van der Waals surface area (Å²) in [5.74, 6) is -3.90. The average Bonchev–Trinajstić information content (AvgIpc) is 2.52. The number of amides is 3. The number of rotatable bonds is 11. The molecule has 144 valence electrons. The Balaban J connectivity index is 4.32. The van der Waals surface area contributed by atoms with Crippen molar-refractivity contribution >= 4 is 46.7 Å². The van der Waals surface area contributed by atoms with Crippen molar-refractivity contribution in [1.29, 1.82) is 0 Å². The van der Waals surface area contributed by atoms with Crippen LogP contribution in [0.5, 0.6) is 0 Å². The lowest BCUT2D eigenvalue weighted by molar-refractivity contribution is -0.138. The molecule has 0 aliphatic heterocycles. The number of hydroxylamine groups is 1. The molecule has 13 nitrogen and oxygen atoms in total. The minimum Gasteiger partial charge on any atom is -0.480 e. The zero-order valence-electron chi connectivity index (χ0n) is 12.7. The molecule has 0 unspecified atom stereocenters. The fourth-order valence-electron chi connectivity index (χ4n) is 1.33. The van der Waals surface area contributed by atoms with E-state index < -0.39 is 52.7 Å². The molecule has 0 fully saturated rings. The number of thiol groups is 1. The highest BCUT2D eigenvalue weighted by atomic mass is 32.3. The van der Waals surface area contributed by atoms with E-state index in [9.17, 15) is 27.6 Å². The third-order valence-corrected chi connectivity index (χ3v) is 3.17. The molecule has 0 saturated carbocycles. The van der Waals surface area contributed by atoms with Crippen LogP contribution in [0.3, 0.4) is 0 Å². The molecule has 0 heterocycles. The zero-order valence-corrected chi connectivity index (χ0v) is 14.4. The fourth-order valence-corrected chi connectivity index (χ4v) is 1.78. The van der Waals surface area contributed by atoms with Crippen LogP contribution in [0, 0.1) is 0 Å². The summed E-state index contributed by atoms with van der Waals surface area (Å²) in [5.41, 5.74) is 6.77. The van der Waals surface area contributed by atoms with E-state index in [0.29, 0.717) is 0 Å². The van der Waals surface area contributed by atoms with Gasteiger partial charge in [0, 0.05) is 12.2 Å². The van der Waals surface area contributed by atoms with Gasteiger partial charge in [0.25, 0.3) is 5.91 Å². The van der Waals surface area contributed by atoms with Crippen LogP contribution < -0.4 is 21.8 Å². The third-order valence-electron chi connectivity index (χ3n) is 2.51. The Morgan fingerprint density at radius 3 is 2.28 bits per heavy atom. The van der Waals surface area contributed by atoms with Gasteiger partial charge in [0.2, 0.25) is 11.8 Å². The summed E-state index contributed by atoms with van der Waals surface area (Å²) in [5, 5.41) is 12.8. The molecule has 0 spiro atoms. The van der Waals surface area contributed by atoms with E-state index >= 15 is 0 Å². The van der Waals surface area contributed by atoms with Gasteiger partial charge in [0.15, 0.2) is 0 Å². The predicted octanol–water partition coefficient (Wildman–Crippen LogP) is -3.44. The highest BCUT2D eigenvalue weighted by Crippen LogP contribution is 1.98. The number of carbonyl (C=O) groups is 4. The summed E-state index contributed by atoms with van der Waals surface area (Å²) in [6.45, 7) is -0.627. The van der Waals surface area contributed by atoms with Gasteiger partial charge >= 0.3 is 16.4 Å². The Bertz CT molecular complexity index is 610. The second-order valence-electron chi connectivity index (χ2n) is 4.54. The number of hydrogen-bond acceptors (Lipinski definition) is 9. The van der Waals surface area contributed by atoms with E-state index in [4.69, 9.17) is 15.4 Å². The summed E-state index contributed by atoms with van der Waals surface area (Å²) in [7, 11) is -4.89. The summed E-state index contributed by atoms with van der Waals surface area (Å²) < 4.78 is 32.4. The summed E-state index contributed by atoms with van der Waals surface area (Å²) in [4.78, 5) is 45.0. The van der Waals surface area contributed by atoms with Gasteiger partial charge in [-0.1, -0.05) is 0 Å². The second kappa shape index (κ2) is 10.8. The van der Waals surface area contributed by atoms with E-state index in [0.717, 1.165) is 0 Å². The molecular weight excluding hydrogens is 384 g/mol. The summed E-state index contributed by atoms with van der Waals surface area (Å²) in [6.07, 6.45) is -0.542. The first-order valence-electron chi connectivity index (χ1n) is 6.57. The van der Waals surface area contributed by atoms with Gasteiger partial charge in [-0.15, -0.1) is 4.28 Å². The number of nitrogens with one attached hydrogen (secondary N) is 3. The molecule has 0 saturated heterocycles. The molecule has 0 radical (unpaired) electrons. The second-order valence-corrected chi connectivity index (χ2v) is 5.92. The van der Waals surface area contributed by atoms with Crippen LogP contribution >= 0.6 is 12.6 Å². The topological polar surface area (TPSA) is 214 Å². The Labute approximate surface area is 148 Å². The first-order valence-corrected chi connectivity index (χ1v) is 8.57. The third kappa shape index (κ3) is 11.3. The molecule has 0 aromatic heterocycles. The average molecular weight is 402 g/mol. The lowest BCUT2D eigenvalue weighted by atomic mass is 10.1. The number of carboxylic acid groups (broad SMARTS) is 1. The van der Waals surface area contributed by atoms with Crippen LogP contribution in [0.2, 0.25) is 0 Å². The summed E-state index contributed by atoms with van der Waals surface area (Å²) >= 11 is 3.86. The molecule has 25 heavy (non-hydrogen) atoms. The van der Waals surface area contributed by atoms with Gasteiger partial charge < -0.3 is 21.5 Å². The lowest BCUT2D eigenvalue weighted by Gasteiger charge is -2.16. The Kier molecular flexibility index (Phi) is 9.99. The molecule has 0 rings (SSSR count). The monoisotopic (exact) mass is 402 g/mol. The maximum absolute atomic E-state index is 11.7. The quantitative estimate of drug-likeness (QED) is 0.103. The van der Waals surface area contributed by atoms with Crippen molar-refractivity contribution in [3.63, 3.8) is 0 Å². The minimum absolute atomic E-state index is 0.105. The molecule has 15 heteroatoms. The number of carboxylic acids is 1. The number of nitrogens with two attached hydrogens (primary N) is 1. The molecule has 0 aliphatic carbocycles. The summed E-state index contributed by atoms with van der Waals surface area (Å²) in [6, 6.07) is -2.43. The van der Waals surface area contributed by atoms with E-state index in [2.05, 4.69) is 27.5 Å². The molecule has 2 atom stereocenters. The van der Waals surface area contributed by atoms with E-state index in [1.807, 2.05) is 0 Å². The molecule has 7 N–H and O–H groups in total. The van der Waals surface area contributed by atoms with Crippen LogP contribution in [0.1, 0.15) is 12.8 Å². The van der Waals surface area contributed by atoms with Crippen LogP contribution in [-0.2, 0) is 33.9 Å². The highest BCUT2D eigenvalue weighted by molar-refractivity contribution is 7.80. The van der Waals surface area contributed by atoms with E-state index in [-0.39, 0.29) is 18.6 Å². The molecule has 0 aromatic rings. The van der Waals surface area contributed by atoms with Crippen molar-refractivity contribution in [2.45, 2.75) is 24.9 Å². The van der Waals surface area contributed by atoms with Crippen molar-refractivity contribution in [1.82, 2.24) is 16.1 Å². The van der Waals surface area contributed by atoms with Crippen molar-refractivity contribution in [3.05, 3.63) is 0 Å². The van der Waals surface area contributed by atoms with Crippen LogP contribution in [-0.4, -0.2) is 66.1 Å². The number of hydrogen-bond donors (Lipinski definition) is 7. The van der Waals surface area contributed by atoms with Gasteiger partial charge in [0.05, 0.1) is 6.04 Å². The molecule has 3 amide bonds. The number of carbonyl (C=O) groups excluding carboxylic acids is 3. The highest BCUT2D eigenvalue weighted by Gasteiger charge is 2.22.